The van der Waals surface area contributed by atoms with Gasteiger partial charge in [0.05, 0.1) is 12.3 Å². The SMILES string of the molecule is CCNC(=NCc1ccc(F)c(C)c1)NCCS(=O)(=O)NCc1ccccc1. The molecule has 0 saturated carbocycles. The highest BCUT2D eigenvalue weighted by molar-refractivity contribution is 7.89. The molecule has 0 spiro atoms. The van der Waals surface area contributed by atoms with Gasteiger partial charge in [-0.2, -0.15) is 0 Å². The largest absolute Gasteiger partial charge is 0.357 e. The lowest BCUT2D eigenvalue weighted by Crippen LogP contribution is -2.41. The maximum atomic E-state index is 13.3. The van der Waals surface area contributed by atoms with Crippen LogP contribution in [0.2, 0.25) is 0 Å². The molecule has 152 valence electrons. The molecule has 8 heteroatoms. The highest BCUT2D eigenvalue weighted by Gasteiger charge is 2.10. The fourth-order valence-electron chi connectivity index (χ4n) is 2.48. The molecule has 0 saturated heterocycles. The van der Waals surface area contributed by atoms with Gasteiger partial charge in [-0.15, -0.1) is 0 Å². The maximum Gasteiger partial charge on any atom is 0.213 e. The molecule has 0 heterocycles. The first-order chi connectivity index (χ1) is 13.4. The Hall–Kier alpha value is -2.45. The highest BCUT2D eigenvalue weighted by atomic mass is 32.2. The number of benzene rings is 2. The Morgan fingerprint density at radius 2 is 1.82 bits per heavy atom. The van der Waals surface area contributed by atoms with E-state index in [0.717, 1.165) is 11.1 Å². The molecule has 0 atom stereocenters. The van der Waals surface area contributed by atoms with Crippen molar-refractivity contribution in [2.24, 2.45) is 4.99 Å². The molecule has 2 aromatic rings. The number of nitrogens with one attached hydrogen (secondary N) is 3. The van der Waals surface area contributed by atoms with Crippen LogP contribution in [0.4, 0.5) is 4.39 Å². The molecule has 2 rings (SSSR count). The lowest BCUT2D eigenvalue weighted by atomic mass is 10.1. The maximum absolute atomic E-state index is 13.3. The molecule has 0 aliphatic rings. The average Bonchev–Trinajstić information content (AvgIpc) is 2.68. The Balaban J connectivity index is 1.85. The third-order valence-electron chi connectivity index (χ3n) is 3.99. The Morgan fingerprint density at radius 1 is 1.07 bits per heavy atom. The van der Waals surface area contributed by atoms with Gasteiger partial charge in [-0.25, -0.2) is 22.5 Å². The molecular weight excluding hydrogens is 379 g/mol. The van der Waals surface area contributed by atoms with E-state index in [4.69, 9.17) is 0 Å². The number of aliphatic imine (C=N–C) groups is 1. The Kier molecular flexibility index (Phi) is 8.41. The summed E-state index contributed by atoms with van der Waals surface area (Å²) < 4.78 is 40.2. The van der Waals surface area contributed by atoms with Gasteiger partial charge in [-0.1, -0.05) is 42.5 Å². The van der Waals surface area contributed by atoms with E-state index in [1.54, 1.807) is 19.1 Å². The summed E-state index contributed by atoms with van der Waals surface area (Å²) in [5.41, 5.74) is 2.36. The molecule has 0 radical (unpaired) electrons. The van der Waals surface area contributed by atoms with Crippen molar-refractivity contribution in [3.8, 4) is 0 Å². The first-order valence-electron chi connectivity index (χ1n) is 9.18. The van der Waals surface area contributed by atoms with E-state index in [0.29, 0.717) is 24.6 Å². The van der Waals surface area contributed by atoms with Gasteiger partial charge in [-0.3, -0.25) is 0 Å². The zero-order valence-corrected chi connectivity index (χ0v) is 17.0. The van der Waals surface area contributed by atoms with Crippen LogP contribution in [0, 0.1) is 12.7 Å². The van der Waals surface area contributed by atoms with Gasteiger partial charge in [0.2, 0.25) is 10.0 Å². The van der Waals surface area contributed by atoms with Gasteiger partial charge in [-0.05, 0) is 36.6 Å². The van der Waals surface area contributed by atoms with Crippen LogP contribution in [-0.4, -0.2) is 33.2 Å². The second-order valence-corrected chi connectivity index (χ2v) is 8.26. The average molecular weight is 407 g/mol. The lowest BCUT2D eigenvalue weighted by molar-refractivity contribution is 0.580. The molecule has 0 amide bonds. The predicted molar refractivity (Wildman–Crippen MR) is 111 cm³/mol. The van der Waals surface area contributed by atoms with Crippen molar-refractivity contribution < 1.29 is 12.8 Å². The number of hydrogen-bond donors (Lipinski definition) is 3. The topological polar surface area (TPSA) is 82.6 Å². The van der Waals surface area contributed by atoms with Crippen LogP contribution in [0.25, 0.3) is 0 Å². The van der Waals surface area contributed by atoms with E-state index in [9.17, 15) is 12.8 Å². The van der Waals surface area contributed by atoms with Crippen molar-refractivity contribution in [1.82, 2.24) is 15.4 Å². The molecule has 0 aromatic heterocycles. The van der Waals surface area contributed by atoms with Crippen molar-refractivity contribution in [2.45, 2.75) is 26.9 Å². The van der Waals surface area contributed by atoms with Gasteiger partial charge >= 0.3 is 0 Å². The number of hydrogen-bond acceptors (Lipinski definition) is 3. The number of aryl methyl sites for hydroxylation is 1. The zero-order chi connectivity index (χ0) is 20.4. The first kappa shape index (κ1) is 21.8. The predicted octanol–water partition coefficient (Wildman–Crippen LogP) is 2.31. The molecular formula is C20H27FN4O2S. The number of nitrogens with zero attached hydrogens (tertiary/aromatic N) is 1. The fraction of sp³-hybridized carbons (Fsp3) is 0.350. The van der Waals surface area contributed by atoms with E-state index in [2.05, 4.69) is 20.3 Å². The summed E-state index contributed by atoms with van der Waals surface area (Å²) in [7, 11) is -3.40. The number of guanidine groups is 1. The summed E-state index contributed by atoms with van der Waals surface area (Å²) >= 11 is 0. The third-order valence-corrected chi connectivity index (χ3v) is 5.31. The second kappa shape index (κ2) is 10.8. The molecule has 0 fully saturated rings. The first-order valence-corrected chi connectivity index (χ1v) is 10.8. The van der Waals surface area contributed by atoms with E-state index < -0.39 is 10.0 Å². The Morgan fingerprint density at radius 3 is 2.50 bits per heavy atom. The minimum atomic E-state index is -3.40. The fourth-order valence-corrected chi connectivity index (χ4v) is 3.38. The molecule has 28 heavy (non-hydrogen) atoms. The van der Waals surface area contributed by atoms with Crippen LogP contribution >= 0.6 is 0 Å². The zero-order valence-electron chi connectivity index (χ0n) is 16.2. The normalized spacial score (nSPS) is 12.0. The summed E-state index contributed by atoms with van der Waals surface area (Å²) in [5.74, 6) is 0.202. The van der Waals surface area contributed by atoms with E-state index in [-0.39, 0.29) is 24.7 Å². The highest BCUT2D eigenvalue weighted by Crippen LogP contribution is 2.10. The van der Waals surface area contributed by atoms with E-state index in [1.807, 2.05) is 37.3 Å². The minimum Gasteiger partial charge on any atom is -0.357 e. The van der Waals surface area contributed by atoms with Crippen LogP contribution in [0.3, 0.4) is 0 Å². The van der Waals surface area contributed by atoms with Crippen LogP contribution < -0.4 is 15.4 Å². The Labute approximate surface area is 166 Å². The van der Waals surface area contributed by atoms with Crippen molar-refractivity contribution >= 4 is 16.0 Å². The van der Waals surface area contributed by atoms with Crippen molar-refractivity contribution in [3.63, 3.8) is 0 Å². The number of halogens is 1. The third kappa shape index (κ3) is 7.66. The Bertz CT molecular complexity index is 886. The monoisotopic (exact) mass is 406 g/mol. The van der Waals surface area contributed by atoms with Crippen LogP contribution in [0.1, 0.15) is 23.6 Å². The van der Waals surface area contributed by atoms with Crippen molar-refractivity contribution in [1.29, 1.82) is 0 Å². The van der Waals surface area contributed by atoms with Crippen molar-refractivity contribution in [3.05, 3.63) is 71.0 Å². The lowest BCUT2D eigenvalue weighted by Gasteiger charge is -2.12. The van der Waals surface area contributed by atoms with E-state index in [1.165, 1.54) is 6.07 Å². The summed E-state index contributed by atoms with van der Waals surface area (Å²) in [6, 6.07) is 14.2. The van der Waals surface area contributed by atoms with Crippen molar-refractivity contribution in [2.75, 3.05) is 18.8 Å². The molecule has 0 bridgehead atoms. The van der Waals surface area contributed by atoms with Gasteiger partial charge in [0.1, 0.15) is 5.82 Å². The van der Waals surface area contributed by atoms with Crippen LogP contribution in [-0.2, 0) is 23.1 Å². The number of sulfonamides is 1. The van der Waals surface area contributed by atoms with Crippen LogP contribution in [0.5, 0.6) is 0 Å². The summed E-state index contributed by atoms with van der Waals surface area (Å²) in [6.45, 7) is 5.14. The summed E-state index contributed by atoms with van der Waals surface area (Å²) in [5, 5.41) is 6.09. The van der Waals surface area contributed by atoms with Gasteiger partial charge in [0.25, 0.3) is 0 Å². The quantitative estimate of drug-likeness (QED) is 0.441. The summed E-state index contributed by atoms with van der Waals surface area (Å²) in [4.78, 5) is 4.42. The van der Waals surface area contributed by atoms with E-state index >= 15 is 0 Å². The number of rotatable bonds is 9. The van der Waals surface area contributed by atoms with Gasteiger partial charge < -0.3 is 10.6 Å². The molecule has 3 N–H and O–H groups in total. The summed E-state index contributed by atoms with van der Waals surface area (Å²) in [6.07, 6.45) is 0. The minimum absolute atomic E-state index is 0.0695. The smallest absolute Gasteiger partial charge is 0.213 e. The molecule has 0 aliphatic heterocycles. The molecule has 0 unspecified atom stereocenters. The molecule has 2 aromatic carbocycles. The standard InChI is InChI=1S/C20H27FN4O2S/c1-3-22-20(24-14-18-9-10-19(21)16(2)13-18)23-11-12-28(26,27)25-15-17-7-5-4-6-8-17/h4-10,13,25H,3,11-12,14-15H2,1-2H3,(H2,22,23,24). The van der Waals surface area contributed by atoms with Gasteiger partial charge in [0, 0.05) is 19.6 Å². The molecule has 0 aliphatic carbocycles. The second-order valence-electron chi connectivity index (χ2n) is 6.33. The van der Waals surface area contributed by atoms with Gasteiger partial charge in [0.15, 0.2) is 5.96 Å². The van der Waals surface area contributed by atoms with Crippen LogP contribution in [0.15, 0.2) is 53.5 Å². The molecule has 6 nitrogen and oxygen atoms in total.